The maximum absolute atomic E-state index is 12.9. The maximum atomic E-state index is 12.9. The van der Waals surface area contributed by atoms with Gasteiger partial charge in [0.15, 0.2) is 0 Å². The summed E-state index contributed by atoms with van der Waals surface area (Å²) in [4.78, 5) is 17.9. The first kappa shape index (κ1) is 16.4. The van der Waals surface area contributed by atoms with Crippen LogP contribution in [0.15, 0.2) is 48.7 Å². The highest BCUT2D eigenvalue weighted by atomic mass is 19.4. The fourth-order valence-electron chi connectivity index (χ4n) is 2.91. The Balaban J connectivity index is 1.93. The number of alkyl halides is 3. The van der Waals surface area contributed by atoms with E-state index in [9.17, 15) is 23.1 Å². The van der Waals surface area contributed by atoms with E-state index in [2.05, 4.69) is 4.98 Å². The number of halogens is 3. The van der Waals surface area contributed by atoms with Crippen LogP contribution in [-0.2, 0) is 6.18 Å². The Labute approximate surface area is 136 Å². The molecule has 0 spiro atoms. The summed E-state index contributed by atoms with van der Waals surface area (Å²) in [5, 5.41) is 9.92. The molecule has 0 aliphatic carbocycles. The lowest BCUT2D eigenvalue weighted by Crippen LogP contribution is -2.32. The smallest absolute Gasteiger partial charge is 0.391 e. The van der Waals surface area contributed by atoms with Crippen LogP contribution in [0, 0.1) is 0 Å². The summed E-state index contributed by atoms with van der Waals surface area (Å²) in [6.45, 7) is 0.0658. The lowest BCUT2D eigenvalue weighted by molar-refractivity contribution is -0.137. The van der Waals surface area contributed by atoms with Gasteiger partial charge in [-0.15, -0.1) is 0 Å². The van der Waals surface area contributed by atoms with Gasteiger partial charge in [0.2, 0.25) is 0 Å². The summed E-state index contributed by atoms with van der Waals surface area (Å²) in [7, 11) is 0. The van der Waals surface area contributed by atoms with Crippen LogP contribution in [0.1, 0.15) is 34.1 Å². The van der Waals surface area contributed by atoms with Crippen molar-refractivity contribution in [1.82, 2.24) is 9.88 Å². The molecule has 3 rings (SSSR count). The Morgan fingerprint density at radius 1 is 1.21 bits per heavy atom. The van der Waals surface area contributed by atoms with E-state index < -0.39 is 29.8 Å². The zero-order valence-corrected chi connectivity index (χ0v) is 12.6. The molecule has 0 saturated carbocycles. The van der Waals surface area contributed by atoms with Crippen molar-refractivity contribution in [3.63, 3.8) is 0 Å². The number of amides is 1. The molecule has 1 saturated heterocycles. The first-order valence-electron chi connectivity index (χ1n) is 7.43. The van der Waals surface area contributed by atoms with Gasteiger partial charge >= 0.3 is 6.18 Å². The van der Waals surface area contributed by atoms with E-state index >= 15 is 0 Å². The SMILES string of the molecule is O=C(c1ccccn1)N1C[C@@H](O)C[C@@H]1c1cccc(C(F)(F)F)c1. The van der Waals surface area contributed by atoms with E-state index in [4.69, 9.17) is 0 Å². The number of β-amino-alcohol motifs (C(OH)–C–C–N with tert-alkyl or cyclic N) is 1. The van der Waals surface area contributed by atoms with Crippen molar-refractivity contribution < 1.29 is 23.1 Å². The highest BCUT2D eigenvalue weighted by molar-refractivity contribution is 5.92. The third-order valence-electron chi connectivity index (χ3n) is 4.02. The minimum absolute atomic E-state index is 0.0658. The van der Waals surface area contributed by atoms with Gasteiger partial charge in [0.05, 0.1) is 17.7 Å². The van der Waals surface area contributed by atoms with Crippen LogP contribution < -0.4 is 0 Å². The van der Waals surface area contributed by atoms with Crippen LogP contribution in [0.2, 0.25) is 0 Å². The van der Waals surface area contributed by atoms with E-state index in [0.717, 1.165) is 12.1 Å². The molecule has 0 unspecified atom stereocenters. The summed E-state index contributed by atoms with van der Waals surface area (Å²) in [5.41, 5.74) is -0.221. The molecule has 0 radical (unpaired) electrons. The molecular formula is C17H15F3N2O2. The lowest BCUT2D eigenvalue weighted by Gasteiger charge is -2.25. The molecule has 24 heavy (non-hydrogen) atoms. The van der Waals surface area contributed by atoms with Crippen LogP contribution >= 0.6 is 0 Å². The largest absolute Gasteiger partial charge is 0.416 e. The average Bonchev–Trinajstić information content (AvgIpc) is 2.96. The van der Waals surface area contributed by atoms with Crippen molar-refractivity contribution in [1.29, 1.82) is 0 Å². The Morgan fingerprint density at radius 3 is 2.67 bits per heavy atom. The Morgan fingerprint density at radius 2 is 2.00 bits per heavy atom. The molecule has 126 valence electrons. The highest BCUT2D eigenvalue weighted by Gasteiger charge is 2.37. The minimum atomic E-state index is -4.46. The van der Waals surface area contributed by atoms with Gasteiger partial charge in [-0.25, -0.2) is 0 Å². The molecule has 0 bridgehead atoms. The molecule has 1 aromatic heterocycles. The molecule has 4 nitrogen and oxygen atoms in total. The van der Waals surface area contributed by atoms with Gasteiger partial charge < -0.3 is 10.0 Å². The molecular weight excluding hydrogens is 321 g/mol. The summed E-state index contributed by atoms with van der Waals surface area (Å²) < 4.78 is 38.7. The molecule has 1 N–H and O–H groups in total. The first-order valence-corrected chi connectivity index (χ1v) is 7.43. The van der Waals surface area contributed by atoms with Gasteiger partial charge in [0.25, 0.3) is 5.91 Å². The van der Waals surface area contributed by atoms with Gasteiger partial charge in [-0.3, -0.25) is 9.78 Å². The first-order chi connectivity index (χ1) is 11.4. The summed E-state index contributed by atoms with van der Waals surface area (Å²) in [6, 6.07) is 9.11. The van der Waals surface area contributed by atoms with Crippen LogP contribution in [0.3, 0.4) is 0 Å². The monoisotopic (exact) mass is 336 g/mol. The maximum Gasteiger partial charge on any atom is 0.416 e. The predicted molar refractivity (Wildman–Crippen MR) is 80.1 cm³/mol. The van der Waals surface area contributed by atoms with Crippen LogP contribution in [-0.4, -0.2) is 33.5 Å². The third-order valence-corrected chi connectivity index (χ3v) is 4.02. The van der Waals surface area contributed by atoms with E-state index in [-0.39, 0.29) is 18.7 Å². The molecule has 1 amide bonds. The molecule has 1 aliphatic rings. The second-order valence-corrected chi connectivity index (χ2v) is 5.70. The molecule has 1 fully saturated rings. The Bertz CT molecular complexity index is 734. The fraction of sp³-hybridized carbons (Fsp3) is 0.294. The molecule has 7 heteroatoms. The van der Waals surface area contributed by atoms with Crippen molar-refractivity contribution >= 4 is 5.91 Å². The normalized spacial score (nSPS) is 21.1. The third kappa shape index (κ3) is 3.26. The Hall–Kier alpha value is -2.41. The topological polar surface area (TPSA) is 53.4 Å². The Kier molecular flexibility index (Phi) is 4.28. The number of benzene rings is 1. The standard InChI is InChI=1S/C17H15F3N2O2/c18-17(19,20)12-5-3-4-11(8-12)15-9-13(23)10-22(15)16(24)14-6-1-2-7-21-14/h1-8,13,15,23H,9-10H2/t13-,15+/m0/s1. The number of carbonyl (C=O) groups is 1. The number of rotatable bonds is 2. The lowest BCUT2D eigenvalue weighted by atomic mass is 10.0. The quantitative estimate of drug-likeness (QED) is 0.917. The van der Waals surface area contributed by atoms with Gasteiger partial charge in [-0.05, 0) is 36.2 Å². The number of hydrogen-bond acceptors (Lipinski definition) is 3. The van der Waals surface area contributed by atoms with E-state index in [0.29, 0.717) is 5.56 Å². The van der Waals surface area contributed by atoms with Crippen LogP contribution in [0.4, 0.5) is 13.2 Å². The number of pyridine rings is 1. The van der Waals surface area contributed by atoms with E-state index in [1.165, 1.54) is 29.3 Å². The van der Waals surface area contributed by atoms with Gasteiger partial charge in [-0.1, -0.05) is 18.2 Å². The summed E-state index contributed by atoms with van der Waals surface area (Å²) in [5.74, 6) is -0.408. The summed E-state index contributed by atoms with van der Waals surface area (Å²) >= 11 is 0. The van der Waals surface area contributed by atoms with Crippen molar-refractivity contribution in [2.75, 3.05) is 6.54 Å². The highest BCUT2D eigenvalue weighted by Crippen LogP contribution is 2.36. The predicted octanol–water partition coefficient (Wildman–Crippen LogP) is 3.05. The molecule has 1 aromatic carbocycles. The fourth-order valence-corrected chi connectivity index (χ4v) is 2.91. The number of aliphatic hydroxyl groups is 1. The number of carbonyl (C=O) groups excluding carboxylic acids is 1. The second-order valence-electron chi connectivity index (χ2n) is 5.70. The van der Waals surface area contributed by atoms with Gasteiger partial charge in [0, 0.05) is 12.7 Å². The van der Waals surface area contributed by atoms with Crippen molar-refractivity contribution in [2.24, 2.45) is 0 Å². The number of hydrogen-bond donors (Lipinski definition) is 1. The van der Waals surface area contributed by atoms with Gasteiger partial charge in [0.1, 0.15) is 5.69 Å². The number of nitrogens with zero attached hydrogens (tertiary/aromatic N) is 2. The van der Waals surface area contributed by atoms with E-state index in [1.54, 1.807) is 12.1 Å². The van der Waals surface area contributed by atoms with Gasteiger partial charge in [-0.2, -0.15) is 13.2 Å². The van der Waals surface area contributed by atoms with Crippen molar-refractivity contribution in [3.8, 4) is 0 Å². The summed E-state index contributed by atoms with van der Waals surface area (Å²) in [6.07, 6.45) is -3.57. The van der Waals surface area contributed by atoms with Crippen LogP contribution in [0.25, 0.3) is 0 Å². The molecule has 1 aliphatic heterocycles. The number of likely N-dealkylation sites (tertiary alicyclic amines) is 1. The zero-order valence-electron chi connectivity index (χ0n) is 12.6. The van der Waals surface area contributed by atoms with Crippen molar-refractivity contribution in [2.45, 2.75) is 24.7 Å². The molecule has 2 heterocycles. The minimum Gasteiger partial charge on any atom is -0.391 e. The number of aliphatic hydroxyl groups excluding tert-OH is 1. The number of aromatic nitrogens is 1. The van der Waals surface area contributed by atoms with Crippen molar-refractivity contribution in [3.05, 3.63) is 65.5 Å². The molecule has 2 aromatic rings. The second kappa shape index (κ2) is 6.24. The molecule has 2 atom stereocenters. The average molecular weight is 336 g/mol. The van der Waals surface area contributed by atoms with E-state index in [1.807, 2.05) is 0 Å². The van der Waals surface area contributed by atoms with Crippen LogP contribution in [0.5, 0.6) is 0 Å². The zero-order chi connectivity index (χ0) is 17.3.